The summed E-state index contributed by atoms with van der Waals surface area (Å²) in [5, 5.41) is 0.969. The number of allylic oxidation sites excluding steroid dienone is 2. The standard InChI is InChI=1S/C18H15BrN2O3/c19-9-3-1-2-8(6-9)16(22)20-21-17(23)14-10-4-5-11(13-7-12(10)13)15(14)18(21)24/h1-6,10-15H,7H2,(H,20,22)/t10-,11+,12+,13-,14+,15-. The number of hydrazine groups is 1. The highest BCUT2D eigenvalue weighted by Gasteiger charge is 2.67. The lowest BCUT2D eigenvalue weighted by atomic mass is 9.63. The first kappa shape index (κ1) is 14.4. The van der Waals surface area contributed by atoms with Crippen molar-refractivity contribution in [3.63, 3.8) is 0 Å². The van der Waals surface area contributed by atoms with Crippen LogP contribution >= 0.6 is 15.9 Å². The Morgan fingerprint density at radius 2 is 1.71 bits per heavy atom. The predicted octanol–water partition coefficient (Wildman–Crippen LogP) is 2.15. The average Bonchev–Trinajstić information content (AvgIpc) is 3.36. The lowest BCUT2D eigenvalue weighted by molar-refractivity contribution is -0.143. The summed E-state index contributed by atoms with van der Waals surface area (Å²) in [6.45, 7) is 0. The van der Waals surface area contributed by atoms with Crippen molar-refractivity contribution in [3.05, 3.63) is 46.5 Å². The number of nitrogens with one attached hydrogen (secondary N) is 1. The van der Waals surface area contributed by atoms with Gasteiger partial charge in [-0.15, -0.1) is 0 Å². The molecule has 3 amide bonds. The molecule has 1 aliphatic heterocycles. The zero-order chi connectivity index (χ0) is 16.6. The molecule has 122 valence electrons. The average molecular weight is 387 g/mol. The van der Waals surface area contributed by atoms with Crippen molar-refractivity contribution < 1.29 is 14.4 Å². The van der Waals surface area contributed by atoms with Crippen LogP contribution in [0.3, 0.4) is 0 Å². The van der Waals surface area contributed by atoms with Crippen molar-refractivity contribution >= 4 is 33.7 Å². The van der Waals surface area contributed by atoms with Crippen LogP contribution in [-0.2, 0) is 9.59 Å². The van der Waals surface area contributed by atoms with Gasteiger partial charge in [0.15, 0.2) is 0 Å². The molecule has 3 fully saturated rings. The van der Waals surface area contributed by atoms with Gasteiger partial charge in [0.05, 0.1) is 11.8 Å². The van der Waals surface area contributed by atoms with Crippen LogP contribution in [0.4, 0.5) is 0 Å². The summed E-state index contributed by atoms with van der Waals surface area (Å²) < 4.78 is 0.769. The fourth-order valence-electron chi connectivity index (χ4n) is 4.86. The molecule has 0 radical (unpaired) electrons. The van der Waals surface area contributed by atoms with Gasteiger partial charge in [-0.25, -0.2) is 0 Å². The van der Waals surface area contributed by atoms with Crippen LogP contribution in [0.2, 0.25) is 0 Å². The van der Waals surface area contributed by atoms with Gasteiger partial charge in [-0.2, -0.15) is 5.01 Å². The van der Waals surface area contributed by atoms with E-state index < -0.39 is 5.91 Å². The van der Waals surface area contributed by atoms with E-state index in [1.165, 1.54) is 0 Å². The van der Waals surface area contributed by atoms with E-state index in [9.17, 15) is 14.4 Å². The van der Waals surface area contributed by atoms with Crippen LogP contribution in [0, 0.1) is 35.5 Å². The van der Waals surface area contributed by atoms with E-state index >= 15 is 0 Å². The first-order valence-corrected chi connectivity index (χ1v) is 8.98. The van der Waals surface area contributed by atoms with Gasteiger partial charge in [-0.05, 0) is 48.3 Å². The summed E-state index contributed by atoms with van der Waals surface area (Å²) in [6.07, 6.45) is 5.36. The number of hydrogen-bond donors (Lipinski definition) is 1. The Morgan fingerprint density at radius 3 is 2.29 bits per heavy atom. The van der Waals surface area contributed by atoms with Crippen LogP contribution in [0.1, 0.15) is 16.8 Å². The zero-order valence-corrected chi connectivity index (χ0v) is 14.3. The molecule has 6 atom stereocenters. The normalized spacial score (nSPS) is 38.1. The molecule has 1 N–H and O–H groups in total. The fourth-order valence-corrected chi connectivity index (χ4v) is 5.26. The number of amides is 3. The third-order valence-corrected chi connectivity index (χ3v) is 6.46. The summed E-state index contributed by atoms with van der Waals surface area (Å²) in [5.41, 5.74) is 2.93. The maximum absolute atomic E-state index is 12.8. The van der Waals surface area contributed by atoms with Gasteiger partial charge < -0.3 is 0 Å². The Morgan fingerprint density at radius 1 is 1.08 bits per heavy atom. The van der Waals surface area contributed by atoms with Crippen molar-refractivity contribution in [2.45, 2.75) is 6.42 Å². The van der Waals surface area contributed by atoms with Gasteiger partial charge in [0.2, 0.25) is 0 Å². The molecule has 6 heteroatoms. The SMILES string of the molecule is O=C(NN1C(=O)[C@@H]2[C@H]3C=C[C@H]([C@@H]4C[C@H]34)[C@@H]2C1=O)c1cccc(Br)c1. The van der Waals surface area contributed by atoms with Crippen LogP contribution in [0.5, 0.6) is 0 Å². The molecule has 0 spiro atoms. The molecular weight excluding hydrogens is 372 g/mol. The van der Waals surface area contributed by atoms with E-state index in [0.29, 0.717) is 17.4 Å². The van der Waals surface area contributed by atoms with E-state index in [0.717, 1.165) is 15.9 Å². The number of hydrogen-bond acceptors (Lipinski definition) is 3. The lowest BCUT2D eigenvalue weighted by Gasteiger charge is -2.37. The minimum Gasteiger partial charge on any atom is -0.272 e. The number of carbonyl (C=O) groups is 3. The second-order valence-electron chi connectivity index (χ2n) is 7.12. The largest absolute Gasteiger partial charge is 0.272 e. The monoisotopic (exact) mass is 386 g/mol. The molecule has 2 bridgehead atoms. The number of carbonyl (C=O) groups excluding carboxylic acids is 3. The van der Waals surface area contributed by atoms with Crippen molar-refractivity contribution in [1.29, 1.82) is 0 Å². The Bertz CT molecular complexity index is 784. The van der Waals surface area contributed by atoms with Gasteiger partial charge in [0, 0.05) is 10.0 Å². The highest BCUT2D eigenvalue weighted by molar-refractivity contribution is 9.10. The van der Waals surface area contributed by atoms with Gasteiger partial charge >= 0.3 is 0 Å². The molecule has 4 aliphatic carbocycles. The number of imide groups is 1. The third-order valence-electron chi connectivity index (χ3n) is 5.96. The van der Waals surface area contributed by atoms with Gasteiger partial charge in [-0.3, -0.25) is 19.8 Å². The maximum atomic E-state index is 12.8. The van der Waals surface area contributed by atoms with Crippen LogP contribution in [-0.4, -0.2) is 22.7 Å². The topological polar surface area (TPSA) is 66.5 Å². The second-order valence-corrected chi connectivity index (χ2v) is 8.03. The van der Waals surface area contributed by atoms with E-state index in [1.54, 1.807) is 18.2 Å². The quantitative estimate of drug-likeness (QED) is 0.625. The summed E-state index contributed by atoms with van der Waals surface area (Å²) in [5.74, 6) is -0.0998. The Kier molecular flexibility index (Phi) is 2.87. The molecule has 5 aliphatic rings. The van der Waals surface area contributed by atoms with E-state index in [1.807, 2.05) is 6.07 Å². The fraction of sp³-hybridized carbons (Fsp3) is 0.389. The van der Waals surface area contributed by atoms with Crippen molar-refractivity contribution in [1.82, 2.24) is 10.4 Å². The zero-order valence-electron chi connectivity index (χ0n) is 12.7. The Hall–Kier alpha value is -1.95. The number of benzene rings is 1. The maximum Gasteiger partial charge on any atom is 0.270 e. The van der Waals surface area contributed by atoms with Gasteiger partial charge in [-0.1, -0.05) is 34.1 Å². The summed E-state index contributed by atoms with van der Waals surface area (Å²) in [6, 6.07) is 6.86. The lowest BCUT2D eigenvalue weighted by Crippen LogP contribution is -2.46. The molecule has 5 nitrogen and oxygen atoms in total. The molecule has 1 heterocycles. The molecule has 1 saturated heterocycles. The van der Waals surface area contributed by atoms with Crippen molar-refractivity contribution in [2.24, 2.45) is 35.5 Å². The van der Waals surface area contributed by atoms with Crippen LogP contribution < -0.4 is 5.43 Å². The summed E-state index contributed by atoms with van der Waals surface area (Å²) in [4.78, 5) is 38.0. The number of nitrogens with zero attached hydrogens (tertiary/aromatic N) is 1. The molecule has 2 saturated carbocycles. The van der Waals surface area contributed by atoms with E-state index in [2.05, 4.69) is 33.5 Å². The molecule has 1 aromatic rings. The molecular formula is C18H15BrN2O3. The van der Waals surface area contributed by atoms with Crippen LogP contribution in [0.15, 0.2) is 40.9 Å². The van der Waals surface area contributed by atoms with E-state index in [-0.39, 0.29) is 35.5 Å². The first-order chi connectivity index (χ1) is 11.6. The number of rotatable bonds is 2. The highest BCUT2D eigenvalue weighted by Crippen LogP contribution is 2.65. The molecule has 6 rings (SSSR count). The summed E-state index contributed by atoms with van der Waals surface area (Å²) >= 11 is 3.32. The Balaban J connectivity index is 1.41. The van der Waals surface area contributed by atoms with Gasteiger partial charge in [0.25, 0.3) is 17.7 Å². The molecule has 1 aromatic carbocycles. The van der Waals surface area contributed by atoms with E-state index in [4.69, 9.17) is 0 Å². The van der Waals surface area contributed by atoms with Crippen LogP contribution in [0.25, 0.3) is 0 Å². The number of halogens is 1. The molecule has 24 heavy (non-hydrogen) atoms. The Labute approximate surface area is 147 Å². The second kappa shape index (κ2) is 4.79. The minimum atomic E-state index is -0.442. The highest BCUT2D eigenvalue weighted by atomic mass is 79.9. The minimum absolute atomic E-state index is 0.161. The third kappa shape index (κ3) is 1.83. The first-order valence-electron chi connectivity index (χ1n) is 8.19. The molecule has 0 aromatic heterocycles. The predicted molar refractivity (Wildman–Crippen MR) is 88.2 cm³/mol. The van der Waals surface area contributed by atoms with Gasteiger partial charge in [0.1, 0.15) is 0 Å². The summed E-state index contributed by atoms with van der Waals surface area (Å²) in [7, 11) is 0. The smallest absolute Gasteiger partial charge is 0.270 e. The van der Waals surface area contributed by atoms with Crippen molar-refractivity contribution in [3.8, 4) is 0 Å². The van der Waals surface area contributed by atoms with Crippen molar-refractivity contribution in [2.75, 3.05) is 0 Å². The molecule has 0 unspecified atom stereocenters.